The largest absolute Gasteiger partial charge is 0.452 e. The molecule has 5 aromatic heterocycles. The summed E-state index contributed by atoms with van der Waals surface area (Å²) >= 11 is 1.64. The van der Waals surface area contributed by atoms with Gasteiger partial charge in [0, 0.05) is 57.6 Å². The van der Waals surface area contributed by atoms with Gasteiger partial charge in [0.1, 0.15) is 5.76 Å². The van der Waals surface area contributed by atoms with Crippen LogP contribution < -0.4 is 5.73 Å². The van der Waals surface area contributed by atoms with Crippen LogP contribution in [0.5, 0.6) is 0 Å². The van der Waals surface area contributed by atoms with Gasteiger partial charge in [-0.25, -0.2) is 4.98 Å². The Morgan fingerprint density at radius 2 is 2.10 bits per heavy atom. The highest BCUT2D eigenvalue weighted by molar-refractivity contribution is 7.17. The summed E-state index contributed by atoms with van der Waals surface area (Å²) < 4.78 is 9.27. The maximum absolute atomic E-state index is 10.0. The summed E-state index contributed by atoms with van der Waals surface area (Å²) in [6, 6.07) is 4.26. The molecule has 156 valence electrons. The molecule has 0 spiro atoms. The van der Waals surface area contributed by atoms with Crippen LogP contribution in [0.1, 0.15) is 31.7 Å². The maximum atomic E-state index is 10.0. The summed E-state index contributed by atoms with van der Waals surface area (Å²) in [5.74, 6) is 1.13. The van der Waals surface area contributed by atoms with E-state index in [4.69, 9.17) is 10.2 Å². The molecule has 1 saturated carbocycles. The Labute approximate surface area is 182 Å². The highest BCUT2D eigenvalue weighted by Crippen LogP contribution is 2.40. The normalized spacial score (nSPS) is 19.4. The number of aliphatic hydroxyl groups is 1. The molecule has 6 rings (SSSR count). The quantitative estimate of drug-likeness (QED) is 0.415. The van der Waals surface area contributed by atoms with Crippen molar-refractivity contribution in [1.82, 2.24) is 19.7 Å². The lowest BCUT2D eigenvalue weighted by molar-refractivity contribution is 0.100. The fourth-order valence-electron chi connectivity index (χ4n) is 4.54. The number of nitrogens with zero attached hydrogens (tertiary/aromatic N) is 4. The minimum Gasteiger partial charge on any atom is -0.452 e. The van der Waals surface area contributed by atoms with Crippen molar-refractivity contribution in [3.8, 4) is 22.5 Å². The van der Waals surface area contributed by atoms with E-state index in [1.165, 1.54) is 0 Å². The van der Waals surface area contributed by atoms with Gasteiger partial charge in [-0.3, -0.25) is 9.67 Å². The lowest BCUT2D eigenvalue weighted by Gasteiger charge is -2.25. The van der Waals surface area contributed by atoms with Crippen molar-refractivity contribution in [1.29, 1.82) is 0 Å². The van der Waals surface area contributed by atoms with E-state index in [1.807, 2.05) is 35.4 Å². The SMILES string of the molecule is Nc1ncc(-c2cnn([C@H]3CCC[C@H](O)C3)c2)c2cc(-c3csc4cnccc34)oc12. The predicted octanol–water partition coefficient (Wildman–Crippen LogP) is 5.03. The number of nitrogens with two attached hydrogens (primary N) is 1. The van der Waals surface area contributed by atoms with Gasteiger partial charge in [0.15, 0.2) is 11.4 Å². The maximum Gasteiger partial charge on any atom is 0.177 e. The summed E-state index contributed by atoms with van der Waals surface area (Å²) in [7, 11) is 0. The standard InChI is InChI=1S/C23H21N5O2S/c24-23-22-17(7-20(30-22)19-12-31-21-10-25-5-4-16(19)21)18(9-26-23)13-8-27-28(11-13)14-2-1-3-15(29)6-14/h4-5,7-12,14-15,29H,1-3,6H2,(H2,24,26)/t14-,15-/m0/s1. The molecule has 5 aromatic rings. The second-order valence-corrected chi connectivity index (χ2v) is 9.03. The lowest BCUT2D eigenvalue weighted by atomic mass is 9.93. The van der Waals surface area contributed by atoms with Gasteiger partial charge in [0.2, 0.25) is 0 Å². The molecule has 0 amide bonds. The number of hydrogen-bond acceptors (Lipinski definition) is 7. The molecule has 0 unspecified atom stereocenters. The van der Waals surface area contributed by atoms with E-state index in [1.54, 1.807) is 23.7 Å². The smallest absolute Gasteiger partial charge is 0.177 e. The molecule has 0 aromatic carbocycles. The van der Waals surface area contributed by atoms with E-state index in [-0.39, 0.29) is 12.1 Å². The van der Waals surface area contributed by atoms with Crippen LogP contribution in [0.3, 0.4) is 0 Å². The molecule has 0 radical (unpaired) electrons. The molecule has 8 heteroatoms. The number of fused-ring (bicyclic) bond motifs is 2. The predicted molar refractivity (Wildman–Crippen MR) is 122 cm³/mol. The third kappa shape index (κ3) is 3.10. The first-order chi connectivity index (χ1) is 15.2. The molecular formula is C23H21N5O2S. The first-order valence-corrected chi connectivity index (χ1v) is 11.3. The molecule has 0 bridgehead atoms. The van der Waals surface area contributed by atoms with Crippen LogP contribution >= 0.6 is 11.3 Å². The minimum atomic E-state index is -0.247. The Hall–Kier alpha value is -3.23. The van der Waals surface area contributed by atoms with Crippen molar-refractivity contribution >= 4 is 38.2 Å². The Morgan fingerprint density at radius 1 is 1.16 bits per heavy atom. The Balaban J connectivity index is 1.44. The van der Waals surface area contributed by atoms with Crippen molar-refractivity contribution in [2.45, 2.75) is 37.8 Å². The number of rotatable bonds is 3. The molecule has 0 aliphatic heterocycles. The Bertz CT molecular complexity index is 1400. The first-order valence-electron chi connectivity index (χ1n) is 10.4. The fraction of sp³-hybridized carbons (Fsp3) is 0.261. The topological polar surface area (TPSA) is 103 Å². The van der Waals surface area contributed by atoms with Gasteiger partial charge in [-0.15, -0.1) is 11.3 Å². The van der Waals surface area contributed by atoms with E-state index >= 15 is 0 Å². The van der Waals surface area contributed by atoms with Gasteiger partial charge in [-0.05, 0) is 37.8 Å². The number of anilines is 1. The summed E-state index contributed by atoms with van der Waals surface area (Å²) in [5.41, 5.74) is 9.66. The summed E-state index contributed by atoms with van der Waals surface area (Å²) in [6.45, 7) is 0. The fourth-order valence-corrected chi connectivity index (χ4v) is 5.45. The Kier molecular flexibility index (Phi) is 4.29. The molecule has 1 aliphatic carbocycles. The van der Waals surface area contributed by atoms with E-state index in [9.17, 15) is 5.11 Å². The van der Waals surface area contributed by atoms with Crippen LogP contribution in [0.15, 0.2) is 52.9 Å². The van der Waals surface area contributed by atoms with E-state index in [0.717, 1.165) is 63.6 Å². The number of aliphatic hydroxyl groups excluding tert-OH is 1. The minimum absolute atomic E-state index is 0.223. The van der Waals surface area contributed by atoms with Gasteiger partial charge in [0.25, 0.3) is 0 Å². The van der Waals surface area contributed by atoms with Crippen LogP contribution in [0, 0.1) is 0 Å². The van der Waals surface area contributed by atoms with Crippen LogP contribution in [0.2, 0.25) is 0 Å². The molecule has 5 heterocycles. The molecule has 7 nitrogen and oxygen atoms in total. The van der Waals surface area contributed by atoms with Crippen LogP contribution in [0.4, 0.5) is 5.82 Å². The molecule has 2 atom stereocenters. The van der Waals surface area contributed by atoms with Crippen molar-refractivity contribution in [3.05, 3.63) is 48.5 Å². The van der Waals surface area contributed by atoms with Gasteiger partial charge in [-0.1, -0.05) is 0 Å². The van der Waals surface area contributed by atoms with E-state index < -0.39 is 0 Å². The zero-order chi connectivity index (χ0) is 20.9. The van der Waals surface area contributed by atoms with Gasteiger partial charge in [-0.2, -0.15) is 5.10 Å². The van der Waals surface area contributed by atoms with Gasteiger partial charge >= 0.3 is 0 Å². The van der Waals surface area contributed by atoms with Crippen LogP contribution in [0.25, 0.3) is 43.5 Å². The van der Waals surface area contributed by atoms with Gasteiger partial charge in [0.05, 0.1) is 23.0 Å². The van der Waals surface area contributed by atoms with Crippen molar-refractivity contribution in [2.75, 3.05) is 5.73 Å². The zero-order valence-corrected chi connectivity index (χ0v) is 17.5. The lowest BCUT2D eigenvalue weighted by Crippen LogP contribution is -2.22. The van der Waals surface area contributed by atoms with Crippen molar-refractivity contribution in [2.24, 2.45) is 0 Å². The Morgan fingerprint density at radius 3 is 3.00 bits per heavy atom. The van der Waals surface area contributed by atoms with E-state index in [0.29, 0.717) is 11.4 Å². The monoisotopic (exact) mass is 431 g/mol. The first kappa shape index (κ1) is 18.5. The molecular weight excluding hydrogens is 410 g/mol. The summed E-state index contributed by atoms with van der Waals surface area (Å²) in [5, 5.41) is 18.7. The van der Waals surface area contributed by atoms with Gasteiger partial charge < -0.3 is 15.3 Å². The van der Waals surface area contributed by atoms with Crippen LogP contribution in [-0.2, 0) is 0 Å². The third-order valence-corrected chi connectivity index (χ3v) is 7.07. The average molecular weight is 432 g/mol. The third-order valence-electron chi connectivity index (χ3n) is 6.14. The van der Waals surface area contributed by atoms with Crippen LogP contribution in [-0.4, -0.2) is 31.0 Å². The molecule has 3 N–H and O–H groups in total. The molecule has 1 aliphatic rings. The van der Waals surface area contributed by atoms with E-state index in [2.05, 4.69) is 20.4 Å². The zero-order valence-electron chi connectivity index (χ0n) is 16.7. The number of hydrogen-bond donors (Lipinski definition) is 2. The molecule has 0 saturated heterocycles. The molecule has 1 fully saturated rings. The number of pyridine rings is 2. The average Bonchev–Trinajstić information content (AvgIpc) is 3.52. The second kappa shape index (κ2) is 7.18. The highest BCUT2D eigenvalue weighted by Gasteiger charge is 2.23. The second-order valence-electron chi connectivity index (χ2n) is 8.12. The van der Waals surface area contributed by atoms with Crippen molar-refractivity contribution < 1.29 is 9.52 Å². The highest BCUT2D eigenvalue weighted by atomic mass is 32.1. The summed E-state index contributed by atoms with van der Waals surface area (Å²) in [4.78, 5) is 8.57. The number of furan rings is 1. The summed E-state index contributed by atoms with van der Waals surface area (Å²) in [6.07, 6.45) is 12.7. The van der Waals surface area contributed by atoms with Crippen molar-refractivity contribution in [3.63, 3.8) is 0 Å². The number of aromatic nitrogens is 4. The molecule has 31 heavy (non-hydrogen) atoms. The number of nitrogen functional groups attached to an aromatic ring is 1. The number of thiophene rings is 1.